The predicted molar refractivity (Wildman–Crippen MR) is 605 cm³/mol. The molecule has 0 amide bonds. The van der Waals surface area contributed by atoms with Gasteiger partial charge in [0, 0.05) is 133 Å². The van der Waals surface area contributed by atoms with Gasteiger partial charge >= 0.3 is 0 Å². The molecule has 0 bridgehead atoms. The molecule has 0 radical (unpaired) electrons. The van der Waals surface area contributed by atoms with Gasteiger partial charge in [0.2, 0.25) is 0 Å². The van der Waals surface area contributed by atoms with E-state index in [1.807, 2.05) is 0 Å². The summed E-state index contributed by atoms with van der Waals surface area (Å²) in [6, 6.07) is 175. The Hall–Kier alpha value is -18.2. The highest BCUT2D eigenvalue weighted by Gasteiger charge is 2.29. The molecule has 672 valence electrons. The molecule has 8 heteroatoms. The Bertz CT molecular complexity index is 9280. The minimum Gasteiger partial charge on any atom is -0.310 e. The standard InChI is InChI=1S/C68H50N4.C66H46N4/c1-43-35-44(2)38-53(37-43)71-61-21-13-11-19-55(61)59-41-51(27-33-65(59)71)69(49-15-7-5-8-16-49)63-31-25-47-24-30-58-64(32-26-48-23-29-57(63)67(47)68(48)58)70(50-17-9-6-10-18-50)52-28-34-66-60(42-52)56-20-12-14-22-62(56)72(66)54-39-45(3)36-46(4)40-54;1-43-23-33-61-55(39-43)57-41-51(29-37-63(57)69(61)49-19-11-5-12-20-49)67(47-15-7-3-8-16-47)59-35-27-45-26-32-54-60(36-28-46-25-31-53(59)65(45)66(46)54)68(48-17-9-4-10-18-48)52-30-38-64-58(42-52)56-40-44(2)24-34-62(56)70(64)50-21-13-6-14-22-50/h5-42H,1-4H3;3-42H,1-2H3. The van der Waals surface area contributed by atoms with Crippen LogP contribution in [0.15, 0.2) is 473 Å². The van der Waals surface area contributed by atoms with Gasteiger partial charge in [0.1, 0.15) is 0 Å². The smallest absolute Gasteiger partial charge is 0.0542 e. The summed E-state index contributed by atoms with van der Waals surface area (Å²) in [6.07, 6.45) is 0. The van der Waals surface area contributed by atoms with Crippen LogP contribution in [0.2, 0.25) is 0 Å². The highest BCUT2D eigenvalue weighted by molar-refractivity contribution is 6.31. The normalized spacial score (nSPS) is 11.9. The van der Waals surface area contributed by atoms with Gasteiger partial charge < -0.3 is 37.9 Å². The maximum absolute atomic E-state index is 2.45. The Morgan fingerprint density at radius 1 is 0.134 bits per heavy atom. The number of aromatic nitrogens is 4. The van der Waals surface area contributed by atoms with Crippen molar-refractivity contribution in [2.75, 3.05) is 19.6 Å². The minimum atomic E-state index is 1.11. The third-order valence-electron chi connectivity index (χ3n) is 29.4. The molecule has 8 nitrogen and oxygen atoms in total. The molecule has 0 aliphatic rings. The Balaban J connectivity index is 0.000000142. The lowest BCUT2D eigenvalue weighted by Gasteiger charge is -2.29. The summed E-state index contributed by atoms with van der Waals surface area (Å²) < 4.78 is 9.65. The second-order valence-corrected chi connectivity index (χ2v) is 38.5. The predicted octanol–water partition coefficient (Wildman–Crippen LogP) is 37.3. The van der Waals surface area contributed by atoms with Crippen LogP contribution in [0.4, 0.5) is 68.2 Å². The molecule has 4 aromatic heterocycles. The van der Waals surface area contributed by atoms with Gasteiger partial charge in [-0.3, -0.25) is 0 Å². The number of fused-ring (bicyclic) bond motifs is 12. The van der Waals surface area contributed by atoms with Crippen molar-refractivity contribution in [3.8, 4) is 22.7 Å². The van der Waals surface area contributed by atoms with Gasteiger partial charge in [-0.25, -0.2) is 0 Å². The lowest BCUT2D eigenvalue weighted by molar-refractivity contribution is 1.16. The summed E-state index contributed by atoms with van der Waals surface area (Å²) in [6.45, 7) is 13.1. The molecule has 0 fully saturated rings. The van der Waals surface area contributed by atoms with E-state index in [0.29, 0.717) is 0 Å². The van der Waals surface area contributed by atoms with Crippen LogP contribution in [-0.4, -0.2) is 18.3 Å². The van der Waals surface area contributed by atoms with Crippen molar-refractivity contribution >= 4 is 220 Å². The van der Waals surface area contributed by atoms with E-state index < -0.39 is 0 Å². The summed E-state index contributed by atoms with van der Waals surface area (Å²) >= 11 is 0. The largest absolute Gasteiger partial charge is 0.310 e. The van der Waals surface area contributed by atoms with Crippen molar-refractivity contribution in [1.29, 1.82) is 0 Å². The fraction of sp³-hybridized carbons (Fsp3) is 0.0448. The fourth-order valence-corrected chi connectivity index (χ4v) is 23.5. The van der Waals surface area contributed by atoms with Crippen LogP contribution in [0, 0.1) is 41.5 Å². The number of nitrogens with zero attached hydrogens (tertiary/aromatic N) is 8. The van der Waals surface area contributed by atoms with E-state index >= 15 is 0 Å². The van der Waals surface area contributed by atoms with Gasteiger partial charge in [0.15, 0.2) is 0 Å². The van der Waals surface area contributed by atoms with Crippen molar-refractivity contribution < 1.29 is 0 Å². The first kappa shape index (κ1) is 83.2. The minimum absolute atomic E-state index is 1.11. The zero-order chi connectivity index (χ0) is 94.6. The molecule has 0 aliphatic heterocycles. The SMILES string of the molecule is Cc1cc(C)cc(-n2c3ccccc3c3cc(N(c4ccccc4)c4ccc5ccc6c(N(c7ccccc7)c7ccc8c(c7)c7ccccc7n8-c7cc(C)cc(C)c7)ccc7ccc4c5c76)ccc32)c1.Cc1ccc2c(c1)c1cc(N(c3ccccc3)c3ccc4ccc5c(N(c6ccccc6)c6ccc7c(c6)c6cc(C)ccc6n7-c6ccccc6)ccc6ccc3c4c65)ccc1n2-c1ccccc1. The zero-order valence-corrected chi connectivity index (χ0v) is 79.6. The van der Waals surface area contributed by atoms with Gasteiger partial charge in [-0.2, -0.15) is 0 Å². The zero-order valence-electron chi connectivity index (χ0n) is 79.6. The molecule has 0 spiro atoms. The maximum atomic E-state index is 2.45. The average molecular weight is 1820 g/mol. The number of hydrogen-bond donors (Lipinski definition) is 0. The van der Waals surface area contributed by atoms with Crippen LogP contribution in [0.25, 0.3) is 175 Å². The number of para-hydroxylation sites is 8. The molecule has 28 aromatic rings. The van der Waals surface area contributed by atoms with E-state index in [2.05, 4.69) is 553 Å². The van der Waals surface area contributed by atoms with Crippen LogP contribution >= 0.6 is 0 Å². The number of rotatable bonds is 16. The molecule has 0 saturated heterocycles. The number of anilines is 12. The average Bonchev–Trinajstić information content (AvgIpc) is 0.888. The van der Waals surface area contributed by atoms with E-state index in [4.69, 9.17) is 0 Å². The molecule has 0 saturated carbocycles. The molecule has 28 rings (SSSR count). The van der Waals surface area contributed by atoms with Crippen LogP contribution in [0.3, 0.4) is 0 Å². The lowest BCUT2D eigenvalue weighted by atomic mass is 9.91. The molecule has 0 aliphatic carbocycles. The van der Waals surface area contributed by atoms with Crippen molar-refractivity contribution in [2.45, 2.75) is 41.5 Å². The summed E-state index contributed by atoms with van der Waals surface area (Å²) in [7, 11) is 0. The first-order valence-electron chi connectivity index (χ1n) is 49.2. The van der Waals surface area contributed by atoms with Crippen LogP contribution in [-0.2, 0) is 0 Å². The van der Waals surface area contributed by atoms with Crippen molar-refractivity contribution in [2.24, 2.45) is 0 Å². The van der Waals surface area contributed by atoms with Crippen molar-refractivity contribution in [3.05, 3.63) is 507 Å². The van der Waals surface area contributed by atoms with Gasteiger partial charge in [-0.15, -0.1) is 0 Å². The van der Waals surface area contributed by atoms with E-state index in [1.165, 1.54) is 197 Å². The monoisotopic (exact) mass is 1820 g/mol. The Kier molecular flexibility index (Phi) is 19.5. The molecular formula is C134H96N8. The molecular weight excluding hydrogens is 1720 g/mol. The molecule has 0 atom stereocenters. The highest BCUT2D eigenvalue weighted by Crippen LogP contribution is 2.54. The van der Waals surface area contributed by atoms with Crippen LogP contribution in [0.5, 0.6) is 0 Å². The fourth-order valence-electron chi connectivity index (χ4n) is 23.5. The quantitative estimate of drug-likeness (QED) is 0.0903. The summed E-state index contributed by atoms with van der Waals surface area (Å²) in [4.78, 5) is 9.81. The Labute approximate surface area is 823 Å². The topological polar surface area (TPSA) is 32.7 Å². The highest BCUT2D eigenvalue weighted by atomic mass is 15.2. The van der Waals surface area contributed by atoms with E-state index in [-0.39, 0.29) is 0 Å². The summed E-state index contributed by atoms with van der Waals surface area (Å²) in [5.74, 6) is 0. The second kappa shape index (κ2) is 33.3. The third kappa shape index (κ3) is 13.6. The Morgan fingerprint density at radius 3 is 0.634 bits per heavy atom. The van der Waals surface area contributed by atoms with Crippen LogP contribution < -0.4 is 19.6 Å². The van der Waals surface area contributed by atoms with E-state index in [1.54, 1.807) is 0 Å². The number of benzene rings is 24. The van der Waals surface area contributed by atoms with Crippen molar-refractivity contribution in [3.63, 3.8) is 0 Å². The molecule has 142 heavy (non-hydrogen) atoms. The van der Waals surface area contributed by atoms with E-state index in [0.717, 1.165) is 79.6 Å². The van der Waals surface area contributed by atoms with E-state index in [9.17, 15) is 0 Å². The Morgan fingerprint density at radius 2 is 0.352 bits per heavy atom. The maximum Gasteiger partial charge on any atom is 0.0542 e. The second-order valence-electron chi connectivity index (χ2n) is 38.5. The first-order valence-corrected chi connectivity index (χ1v) is 49.2. The number of hydrogen-bond acceptors (Lipinski definition) is 4. The van der Waals surface area contributed by atoms with Gasteiger partial charge in [-0.05, 0) is 337 Å². The van der Waals surface area contributed by atoms with Crippen molar-refractivity contribution in [1.82, 2.24) is 18.3 Å². The van der Waals surface area contributed by atoms with Gasteiger partial charge in [0.05, 0.1) is 66.9 Å². The summed E-state index contributed by atoms with van der Waals surface area (Å²) in [5, 5.41) is 24.6. The third-order valence-corrected chi connectivity index (χ3v) is 29.4. The molecule has 4 heterocycles. The molecule has 24 aromatic carbocycles. The molecule has 0 unspecified atom stereocenters. The van der Waals surface area contributed by atoms with Gasteiger partial charge in [-0.1, -0.05) is 254 Å². The van der Waals surface area contributed by atoms with Crippen LogP contribution in [0.1, 0.15) is 33.4 Å². The molecule has 0 N–H and O–H groups in total. The number of aryl methyl sites for hydroxylation is 6. The lowest BCUT2D eigenvalue weighted by Crippen LogP contribution is -2.11. The van der Waals surface area contributed by atoms with Gasteiger partial charge in [0.25, 0.3) is 0 Å². The summed E-state index contributed by atoms with van der Waals surface area (Å²) in [5.41, 5.74) is 35.2. The first-order chi connectivity index (χ1) is 69.9.